The van der Waals surface area contributed by atoms with Gasteiger partial charge in [0, 0.05) is 36.9 Å². The fourth-order valence-corrected chi connectivity index (χ4v) is 3.65. The van der Waals surface area contributed by atoms with Crippen molar-refractivity contribution in [3.05, 3.63) is 48.3 Å². The first-order valence-corrected chi connectivity index (χ1v) is 10.0. The predicted octanol–water partition coefficient (Wildman–Crippen LogP) is 2.89. The molecule has 156 valence electrons. The van der Waals surface area contributed by atoms with Crippen LogP contribution in [-0.4, -0.2) is 33.6 Å². The number of halogens is 1. The van der Waals surface area contributed by atoms with Gasteiger partial charge in [-0.2, -0.15) is 0 Å². The molecule has 2 aromatic rings. The molecule has 1 aromatic carbocycles. The minimum Gasteiger partial charge on any atom is -0.354 e. The molecule has 3 amide bonds. The van der Waals surface area contributed by atoms with E-state index in [4.69, 9.17) is 0 Å². The molecule has 3 N–H and O–H groups in total. The number of carbonyl (C=O) groups is 2. The molecular weight excluding hydrogens is 373 g/mol. The maximum absolute atomic E-state index is 14.3. The fraction of sp³-hybridized carbons (Fsp3) is 0.476. The lowest BCUT2D eigenvalue weighted by atomic mass is 9.85. The number of carbonyl (C=O) groups excluding carboxylic acids is 2. The van der Waals surface area contributed by atoms with E-state index >= 15 is 0 Å². The summed E-state index contributed by atoms with van der Waals surface area (Å²) in [7, 11) is 0. The molecule has 0 spiro atoms. The Labute approximate surface area is 170 Å². The van der Waals surface area contributed by atoms with Crippen molar-refractivity contribution in [2.24, 2.45) is 5.92 Å². The van der Waals surface area contributed by atoms with Crippen LogP contribution >= 0.6 is 0 Å². The number of amides is 3. The molecule has 7 nitrogen and oxygen atoms in total. The third kappa shape index (κ3) is 5.79. The summed E-state index contributed by atoms with van der Waals surface area (Å²) in [6.45, 7) is 4.10. The van der Waals surface area contributed by atoms with Gasteiger partial charge in [-0.15, -0.1) is 0 Å². The largest absolute Gasteiger partial charge is 0.354 e. The highest BCUT2D eigenvalue weighted by Gasteiger charge is 2.28. The van der Waals surface area contributed by atoms with Crippen molar-refractivity contribution in [3.63, 3.8) is 0 Å². The van der Waals surface area contributed by atoms with Crippen LogP contribution in [0.3, 0.4) is 0 Å². The van der Waals surface area contributed by atoms with E-state index in [2.05, 4.69) is 20.9 Å². The molecule has 1 aliphatic carbocycles. The van der Waals surface area contributed by atoms with Crippen molar-refractivity contribution >= 4 is 11.9 Å². The van der Waals surface area contributed by atoms with Crippen LogP contribution in [0.1, 0.15) is 45.1 Å². The molecular formula is C21H28FN5O2. The summed E-state index contributed by atoms with van der Waals surface area (Å²) in [5.41, 5.74) is 1.07. The summed E-state index contributed by atoms with van der Waals surface area (Å²) in [6, 6.07) is 4.60. The second kappa shape index (κ2) is 9.54. The van der Waals surface area contributed by atoms with Gasteiger partial charge in [0.15, 0.2) is 0 Å². The predicted molar refractivity (Wildman–Crippen MR) is 108 cm³/mol. The summed E-state index contributed by atoms with van der Waals surface area (Å²) in [6.07, 6.45) is 8.03. The number of benzene rings is 1. The van der Waals surface area contributed by atoms with Crippen LogP contribution in [0.5, 0.6) is 0 Å². The van der Waals surface area contributed by atoms with Gasteiger partial charge in [0.25, 0.3) is 0 Å². The Bertz CT molecular complexity index is 838. The molecule has 1 fully saturated rings. The summed E-state index contributed by atoms with van der Waals surface area (Å²) in [5, 5.41) is 8.65. The van der Waals surface area contributed by atoms with Crippen molar-refractivity contribution in [2.75, 3.05) is 0 Å². The van der Waals surface area contributed by atoms with Crippen molar-refractivity contribution < 1.29 is 14.0 Å². The van der Waals surface area contributed by atoms with Gasteiger partial charge < -0.3 is 20.5 Å². The van der Waals surface area contributed by atoms with Crippen LogP contribution in [0.15, 0.2) is 36.9 Å². The van der Waals surface area contributed by atoms with Crippen LogP contribution in [0.25, 0.3) is 5.69 Å². The van der Waals surface area contributed by atoms with Crippen molar-refractivity contribution in [1.29, 1.82) is 0 Å². The molecule has 2 unspecified atom stereocenters. The molecule has 1 saturated carbocycles. The first-order valence-electron chi connectivity index (χ1n) is 10.0. The normalized spacial score (nSPS) is 19.0. The van der Waals surface area contributed by atoms with Crippen LogP contribution in [0.2, 0.25) is 0 Å². The summed E-state index contributed by atoms with van der Waals surface area (Å²) in [4.78, 5) is 28.4. The maximum atomic E-state index is 14.3. The number of rotatable bonds is 6. The molecule has 2 atom stereocenters. The Kier molecular flexibility index (Phi) is 6.85. The zero-order valence-corrected chi connectivity index (χ0v) is 16.8. The third-order valence-corrected chi connectivity index (χ3v) is 5.06. The van der Waals surface area contributed by atoms with Crippen molar-refractivity contribution in [1.82, 2.24) is 25.5 Å². The molecule has 1 aliphatic rings. The zero-order valence-electron chi connectivity index (χ0n) is 16.8. The second-order valence-electron chi connectivity index (χ2n) is 7.81. The molecule has 1 heterocycles. The van der Waals surface area contributed by atoms with Gasteiger partial charge in [-0.05, 0) is 50.8 Å². The molecule has 0 bridgehead atoms. The molecule has 0 radical (unpaired) electrons. The van der Waals surface area contributed by atoms with Gasteiger partial charge >= 0.3 is 6.03 Å². The van der Waals surface area contributed by atoms with Gasteiger partial charge in [0.05, 0.1) is 12.0 Å². The second-order valence-corrected chi connectivity index (χ2v) is 7.81. The topological polar surface area (TPSA) is 88.0 Å². The Morgan fingerprint density at radius 3 is 2.83 bits per heavy atom. The average Bonchev–Trinajstić information content (AvgIpc) is 3.20. The zero-order chi connectivity index (χ0) is 20.8. The van der Waals surface area contributed by atoms with Crippen molar-refractivity contribution in [3.8, 4) is 5.69 Å². The molecule has 29 heavy (non-hydrogen) atoms. The van der Waals surface area contributed by atoms with Crippen LogP contribution in [0.4, 0.5) is 9.18 Å². The number of aromatic nitrogens is 2. The molecule has 1 aromatic heterocycles. The minimum absolute atomic E-state index is 0.0352. The SMILES string of the molecule is CC(C)NC(=O)C1CCCC(NC(=O)NCc2ccc(-n3ccnc3)c(F)c2)C1. The van der Waals surface area contributed by atoms with Crippen molar-refractivity contribution in [2.45, 2.75) is 58.2 Å². The quantitative estimate of drug-likeness (QED) is 0.695. The number of imidazole rings is 1. The highest BCUT2D eigenvalue weighted by Crippen LogP contribution is 2.24. The summed E-state index contributed by atoms with van der Waals surface area (Å²) in [5.74, 6) is -0.393. The van der Waals surface area contributed by atoms with Gasteiger partial charge in [-0.25, -0.2) is 14.2 Å². The average molecular weight is 401 g/mol. The van der Waals surface area contributed by atoms with E-state index in [9.17, 15) is 14.0 Å². The monoisotopic (exact) mass is 401 g/mol. The Balaban J connectivity index is 1.48. The number of hydrogen-bond donors (Lipinski definition) is 3. The number of hydrogen-bond acceptors (Lipinski definition) is 3. The first-order chi connectivity index (χ1) is 13.9. The van der Waals surface area contributed by atoms with Crippen LogP contribution < -0.4 is 16.0 Å². The maximum Gasteiger partial charge on any atom is 0.315 e. The van der Waals surface area contributed by atoms with E-state index in [0.717, 1.165) is 19.3 Å². The molecule has 0 aliphatic heterocycles. The Hall–Kier alpha value is -2.90. The fourth-order valence-electron chi connectivity index (χ4n) is 3.65. The summed E-state index contributed by atoms with van der Waals surface area (Å²) < 4.78 is 15.9. The number of nitrogens with one attached hydrogen (secondary N) is 3. The molecule has 3 rings (SSSR count). The van der Waals surface area contributed by atoms with E-state index in [-0.39, 0.29) is 42.3 Å². The molecule has 8 heteroatoms. The standard InChI is InChI=1S/C21H28FN5O2/c1-14(2)25-20(28)16-4-3-5-17(11-16)26-21(29)24-12-15-6-7-19(18(22)10-15)27-9-8-23-13-27/h6-10,13-14,16-17H,3-5,11-12H2,1-2H3,(H,25,28)(H2,24,26,29). The Morgan fingerprint density at radius 1 is 1.31 bits per heavy atom. The highest BCUT2D eigenvalue weighted by molar-refractivity contribution is 5.79. The minimum atomic E-state index is -0.381. The van der Waals surface area contributed by atoms with Crippen LogP contribution in [-0.2, 0) is 11.3 Å². The van der Waals surface area contributed by atoms with Gasteiger partial charge in [-0.3, -0.25) is 4.79 Å². The van der Waals surface area contributed by atoms with Gasteiger partial charge in [0.1, 0.15) is 5.82 Å². The lowest BCUT2D eigenvalue weighted by Gasteiger charge is -2.29. The highest BCUT2D eigenvalue weighted by atomic mass is 19.1. The summed E-state index contributed by atoms with van der Waals surface area (Å²) >= 11 is 0. The van der Waals surface area contributed by atoms with E-state index in [0.29, 0.717) is 17.7 Å². The van der Waals surface area contributed by atoms with E-state index < -0.39 is 0 Å². The number of urea groups is 1. The third-order valence-electron chi connectivity index (χ3n) is 5.06. The number of nitrogens with zero attached hydrogens (tertiary/aromatic N) is 2. The van der Waals surface area contributed by atoms with Crippen LogP contribution in [0, 0.1) is 11.7 Å². The van der Waals surface area contributed by atoms with E-state index in [1.807, 2.05) is 13.8 Å². The lowest BCUT2D eigenvalue weighted by Crippen LogP contribution is -2.46. The first kappa shape index (κ1) is 20.8. The smallest absolute Gasteiger partial charge is 0.315 e. The lowest BCUT2D eigenvalue weighted by molar-refractivity contribution is -0.126. The Morgan fingerprint density at radius 2 is 2.14 bits per heavy atom. The van der Waals surface area contributed by atoms with E-state index in [1.165, 1.54) is 12.4 Å². The van der Waals surface area contributed by atoms with Gasteiger partial charge in [-0.1, -0.05) is 12.5 Å². The van der Waals surface area contributed by atoms with Gasteiger partial charge in [0.2, 0.25) is 5.91 Å². The molecule has 0 saturated heterocycles. The van der Waals surface area contributed by atoms with E-state index in [1.54, 1.807) is 29.1 Å².